The van der Waals surface area contributed by atoms with Crippen LogP contribution in [0.4, 0.5) is 5.69 Å². The van der Waals surface area contributed by atoms with E-state index in [4.69, 9.17) is 10.5 Å². The van der Waals surface area contributed by atoms with Crippen molar-refractivity contribution in [1.82, 2.24) is 0 Å². The topological polar surface area (TPSA) is 38.5 Å². The third kappa shape index (κ3) is 4.36. The van der Waals surface area contributed by atoms with Gasteiger partial charge in [-0.15, -0.1) is 0 Å². The molecule has 0 spiro atoms. The van der Waals surface area contributed by atoms with E-state index in [0.29, 0.717) is 0 Å². The van der Waals surface area contributed by atoms with Crippen LogP contribution in [-0.4, -0.2) is 32.8 Å². The van der Waals surface area contributed by atoms with Gasteiger partial charge in [-0.2, -0.15) is 0 Å². The summed E-state index contributed by atoms with van der Waals surface area (Å²) in [4.78, 5) is 2.36. The van der Waals surface area contributed by atoms with Gasteiger partial charge in [-0.3, -0.25) is 0 Å². The number of hydrogen-bond donors (Lipinski definition) is 1. The molecule has 0 aromatic heterocycles. The summed E-state index contributed by atoms with van der Waals surface area (Å²) in [5.74, 6) is 0. The van der Waals surface area contributed by atoms with E-state index in [0.717, 1.165) is 26.1 Å². The Hall–Kier alpha value is -1.06. The van der Waals surface area contributed by atoms with Gasteiger partial charge in [0.15, 0.2) is 0 Å². The van der Waals surface area contributed by atoms with Gasteiger partial charge in [-0.1, -0.05) is 18.2 Å². The lowest BCUT2D eigenvalue weighted by molar-refractivity contribution is 0.123. The molecule has 3 heteroatoms. The Bertz CT molecular complexity index is 328. The van der Waals surface area contributed by atoms with Crippen molar-refractivity contribution < 1.29 is 4.74 Å². The summed E-state index contributed by atoms with van der Waals surface area (Å²) in [6, 6.07) is 8.45. The average molecular weight is 236 g/mol. The van der Waals surface area contributed by atoms with Gasteiger partial charge in [0.1, 0.15) is 0 Å². The molecule has 0 radical (unpaired) electrons. The molecule has 96 valence electrons. The minimum atomic E-state index is 0.229. The monoisotopic (exact) mass is 236 g/mol. The molecule has 1 aromatic carbocycles. The first-order chi connectivity index (χ1) is 8.19. The van der Waals surface area contributed by atoms with E-state index in [9.17, 15) is 0 Å². The smallest absolute Gasteiger partial charge is 0.0718 e. The van der Waals surface area contributed by atoms with Crippen molar-refractivity contribution in [3.05, 3.63) is 29.8 Å². The normalized spacial score (nSPS) is 12.5. The standard InChI is InChI=1S/C14H24N2O/c1-12-7-4-5-8-14(12)16(10-6-9-15)11-13(2)17-3/h4-5,7-8,13H,6,9-11,15H2,1-3H3. The molecule has 0 aliphatic carbocycles. The van der Waals surface area contributed by atoms with Crippen molar-refractivity contribution in [2.45, 2.75) is 26.4 Å². The second-order valence-corrected chi connectivity index (χ2v) is 4.42. The summed E-state index contributed by atoms with van der Waals surface area (Å²) in [6.07, 6.45) is 1.23. The van der Waals surface area contributed by atoms with Gasteiger partial charge in [0, 0.05) is 25.9 Å². The van der Waals surface area contributed by atoms with E-state index in [-0.39, 0.29) is 6.10 Å². The Morgan fingerprint density at radius 1 is 1.35 bits per heavy atom. The Morgan fingerprint density at radius 3 is 2.65 bits per heavy atom. The van der Waals surface area contributed by atoms with Crippen LogP contribution in [0.1, 0.15) is 18.9 Å². The fraction of sp³-hybridized carbons (Fsp3) is 0.571. The molecule has 3 nitrogen and oxygen atoms in total. The SMILES string of the molecule is COC(C)CN(CCCN)c1ccccc1C. The van der Waals surface area contributed by atoms with Crippen LogP contribution in [0.3, 0.4) is 0 Å². The van der Waals surface area contributed by atoms with Crippen LogP contribution in [0.5, 0.6) is 0 Å². The van der Waals surface area contributed by atoms with Crippen LogP contribution in [0.2, 0.25) is 0 Å². The zero-order chi connectivity index (χ0) is 12.7. The Kier molecular flexibility index (Phi) is 6.01. The molecule has 0 aliphatic rings. The molecule has 1 rings (SSSR count). The van der Waals surface area contributed by atoms with Crippen LogP contribution in [-0.2, 0) is 4.74 Å². The quantitative estimate of drug-likeness (QED) is 0.788. The van der Waals surface area contributed by atoms with E-state index in [1.165, 1.54) is 11.3 Å². The summed E-state index contributed by atoms with van der Waals surface area (Å²) in [5.41, 5.74) is 8.18. The minimum absolute atomic E-state index is 0.229. The number of methoxy groups -OCH3 is 1. The molecular weight excluding hydrogens is 212 g/mol. The molecule has 17 heavy (non-hydrogen) atoms. The second kappa shape index (κ2) is 7.30. The molecule has 0 heterocycles. The largest absolute Gasteiger partial charge is 0.380 e. The van der Waals surface area contributed by atoms with Gasteiger partial charge in [-0.05, 0) is 38.4 Å². The summed E-state index contributed by atoms with van der Waals surface area (Å²) >= 11 is 0. The van der Waals surface area contributed by atoms with Gasteiger partial charge in [-0.25, -0.2) is 0 Å². The average Bonchev–Trinajstić information content (AvgIpc) is 2.35. The third-order valence-electron chi connectivity index (χ3n) is 2.97. The molecule has 0 bridgehead atoms. The van der Waals surface area contributed by atoms with Crippen LogP contribution < -0.4 is 10.6 Å². The zero-order valence-electron chi connectivity index (χ0n) is 11.1. The minimum Gasteiger partial charge on any atom is -0.380 e. The third-order valence-corrected chi connectivity index (χ3v) is 2.97. The summed E-state index contributed by atoms with van der Waals surface area (Å²) in [6.45, 7) is 6.84. The highest BCUT2D eigenvalue weighted by molar-refractivity contribution is 5.53. The second-order valence-electron chi connectivity index (χ2n) is 4.42. The molecule has 0 amide bonds. The molecule has 1 aromatic rings. The molecule has 1 unspecified atom stereocenters. The van der Waals surface area contributed by atoms with Crippen molar-refractivity contribution in [2.24, 2.45) is 5.73 Å². The summed E-state index contributed by atoms with van der Waals surface area (Å²) < 4.78 is 5.35. The Balaban J connectivity index is 2.78. The van der Waals surface area contributed by atoms with Crippen LogP contribution in [0.15, 0.2) is 24.3 Å². The highest BCUT2D eigenvalue weighted by atomic mass is 16.5. The first-order valence-electron chi connectivity index (χ1n) is 6.22. The molecule has 0 saturated carbocycles. The lowest BCUT2D eigenvalue weighted by atomic mass is 10.1. The van der Waals surface area contributed by atoms with E-state index in [1.807, 2.05) is 0 Å². The Labute approximate surface area is 105 Å². The van der Waals surface area contributed by atoms with Crippen molar-refractivity contribution in [2.75, 3.05) is 31.6 Å². The van der Waals surface area contributed by atoms with Crippen molar-refractivity contribution in [3.63, 3.8) is 0 Å². The van der Waals surface area contributed by atoms with Crippen LogP contribution >= 0.6 is 0 Å². The van der Waals surface area contributed by atoms with Gasteiger partial charge in [0.25, 0.3) is 0 Å². The van der Waals surface area contributed by atoms with Gasteiger partial charge < -0.3 is 15.4 Å². The summed E-state index contributed by atoms with van der Waals surface area (Å²) in [5, 5.41) is 0. The number of aryl methyl sites for hydroxylation is 1. The lowest BCUT2D eigenvalue weighted by Crippen LogP contribution is -2.34. The first-order valence-corrected chi connectivity index (χ1v) is 6.22. The van der Waals surface area contributed by atoms with E-state index >= 15 is 0 Å². The van der Waals surface area contributed by atoms with Crippen LogP contribution in [0, 0.1) is 6.92 Å². The number of para-hydroxylation sites is 1. The maximum Gasteiger partial charge on any atom is 0.0718 e. The van der Waals surface area contributed by atoms with Gasteiger partial charge in [0.05, 0.1) is 6.10 Å². The predicted molar refractivity (Wildman–Crippen MR) is 73.5 cm³/mol. The van der Waals surface area contributed by atoms with Gasteiger partial charge in [0.2, 0.25) is 0 Å². The molecule has 0 aliphatic heterocycles. The van der Waals surface area contributed by atoms with Gasteiger partial charge >= 0.3 is 0 Å². The fourth-order valence-electron chi connectivity index (χ4n) is 1.90. The highest BCUT2D eigenvalue weighted by Gasteiger charge is 2.11. The highest BCUT2D eigenvalue weighted by Crippen LogP contribution is 2.20. The number of nitrogens with zero attached hydrogens (tertiary/aromatic N) is 1. The van der Waals surface area contributed by atoms with Crippen molar-refractivity contribution in [1.29, 1.82) is 0 Å². The van der Waals surface area contributed by atoms with Crippen LogP contribution in [0.25, 0.3) is 0 Å². The van der Waals surface area contributed by atoms with E-state index in [2.05, 4.69) is 43.0 Å². The van der Waals surface area contributed by atoms with Crippen molar-refractivity contribution >= 4 is 5.69 Å². The van der Waals surface area contributed by atoms with Crippen molar-refractivity contribution in [3.8, 4) is 0 Å². The number of benzene rings is 1. The number of rotatable bonds is 7. The number of ether oxygens (including phenoxy) is 1. The molecule has 0 fully saturated rings. The zero-order valence-corrected chi connectivity index (χ0v) is 11.1. The molecule has 2 N–H and O–H groups in total. The number of nitrogens with two attached hydrogens (primary N) is 1. The first kappa shape index (κ1) is 14.0. The molecular formula is C14H24N2O. The lowest BCUT2D eigenvalue weighted by Gasteiger charge is -2.28. The molecule has 1 atom stereocenters. The van der Waals surface area contributed by atoms with E-state index in [1.54, 1.807) is 7.11 Å². The predicted octanol–water partition coefficient (Wildman–Crippen LogP) is 2.19. The summed E-state index contributed by atoms with van der Waals surface area (Å²) in [7, 11) is 1.75. The van der Waals surface area contributed by atoms with E-state index < -0.39 is 0 Å². The maximum absolute atomic E-state index is 5.60. The molecule has 0 saturated heterocycles. The number of anilines is 1. The fourth-order valence-corrected chi connectivity index (χ4v) is 1.90. The maximum atomic E-state index is 5.60. The Morgan fingerprint density at radius 2 is 2.06 bits per heavy atom. The number of hydrogen-bond acceptors (Lipinski definition) is 3.